The Morgan fingerprint density at radius 1 is 1.42 bits per heavy atom. The number of β-amino-alcohol motifs (C(OH)–C–C–N with tert-alkyl or cyclic N) is 1. The average molecular weight is 267 g/mol. The molecule has 1 aromatic carbocycles. The van der Waals surface area contributed by atoms with E-state index in [9.17, 15) is 14.3 Å². The minimum absolute atomic E-state index is 0.0894. The normalized spacial score (nSPS) is 16.9. The van der Waals surface area contributed by atoms with Crippen LogP contribution in [0.15, 0.2) is 24.3 Å². The van der Waals surface area contributed by atoms with Gasteiger partial charge in [0.15, 0.2) is 6.61 Å². The average Bonchev–Trinajstić information content (AvgIpc) is 2.35. The molecule has 0 spiro atoms. The zero-order valence-corrected chi connectivity index (χ0v) is 10.9. The lowest BCUT2D eigenvalue weighted by Crippen LogP contribution is -2.64. The van der Waals surface area contributed by atoms with E-state index >= 15 is 0 Å². The Morgan fingerprint density at radius 2 is 2.05 bits per heavy atom. The first-order valence-electron chi connectivity index (χ1n) is 6.41. The Morgan fingerprint density at radius 3 is 2.63 bits per heavy atom. The fraction of sp³-hybridized carbons (Fsp3) is 0.500. The molecule has 0 radical (unpaired) electrons. The number of likely N-dealkylation sites (tertiary alicyclic amines) is 1. The first-order valence-corrected chi connectivity index (χ1v) is 6.41. The summed E-state index contributed by atoms with van der Waals surface area (Å²) in [6, 6.07) is 5.52. The highest BCUT2D eigenvalue weighted by molar-refractivity contribution is 5.79. The van der Waals surface area contributed by atoms with E-state index in [4.69, 9.17) is 4.74 Å². The largest absolute Gasteiger partial charge is 0.484 e. The van der Waals surface area contributed by atoms with Gasteiger partial charge in [-0.15, -0.1) is 0 Å². The minimum Gasteiger partial charge on any atom is -0.484 e. The van der Waals surface area contributed by atoms with Crippen molar-refractivity contribution in [2.24, 2.45) is 0 Å². The Hall–Kier alpha value is -1.62. The van der Waals surface area contributed by atoms with Crippen LogP contribution >= 0.6 is 0 Å². The lowest BCUT2D eigenvalue weighted by Gasteiger charge is -2.46. The molecule has 5 heteroatoms. The molecule has 1 fully saturated rings. The zero-order chi connectivity index (χ0) is 13.9. The second-order valence-electron chi connectivity index (χ2n) is 4.97. The van der Waals surface area contributed by atoms with Gasteiger partial charge in [-0.3, -0.25) is 4.79 Å². The van der Waals surface area contributed by atoms with Crippen LogP contribution in [0.1, 0.15) is 19.8 Å². The topological polar surface area (TPSA) is 49.8 Å². The minimum atomic E-state index is -0.722. The molecule has 104 valence electrons. The van der Waals surface area contributed by atoms with Gasteiger partial charge in [0, 0.05) is 0 Å². The molecule has 2 rings (SSSR count). The summed E-state index contributed by atoms with van der Waals surface area (Å²) in [5, 5.41) is 9.97. The van der Waals surface area contributed by atoms with Crippen molar-refractivity contribution in [3.63, 3.8) is 0 Å². The molecule has 0 bridgehead atoms. The monoisotopic (exact) mass is 267 g/mol. The fourth-order valence-electron chi connectivity index (χ4n) is 2.23. The number of amides is 1. The smallest absolute Gasteiger partial charge is 0.260 e. The van der Waals surface area contributed by atoms with Crippen molar-refractivity contribution in [3.8, 4) is 5.75 Å². The highest BCUT2D eigenvalue weighted by atomic mass is 19.1. The number of benzene rings is 1. The summed E-state index contributed by atoms with van der Waals surface area (Å²) >= 11 is 0. The maximum atomic E-state index is 12.7. The Kier molecular flexibility index (Phi) is 4.04. The fourth-order valence-corrected chi connectivity index (χ4v) is 2.23. The predicted molar refractivity (Wildman–Crippen MR) is 68.3 cm³/mol. The molecule has 0 atom stereocenters. The number of rotatable bonds is 5. The van der Waals surface area contributed by atoms with Gasteiger partial charge in [0.25, 0.3) is 5.91 Å². The standard InChI is InChI=1S/C14H18FNO3/c1-2-7-14(18)9-16(10-14)13(17)8-19-12-5-3-11(15)4-6-12/h3-6,18H,2,7-10H2,1H3. The number of carbonyl (C=O) groups excluding carboxylic acids is 1. The van der Waals surface area contributed by atoms with Gasteiger partial charge in [-0.2, -0.15) is 0 Å². The molecule has 19 heavy (non-hydrogen) atoms. The van der Waals surface area contributed by atoms with Gasteiger partial charge in [0.05, 0.1) is 18.7 Å². The molecule has 4 nitrogen and oxygen atoms in total. The van der Waals surface area contributed by atoms with Crippen LogP contribution < -0.4 is 4.74 Å². The van der Waals surface area contributed by atoms with E-state index in [0.29, 0.717) is 25.3 Å². The molecule has 1 aromatic rings. The van der Waals surface area contributed by atoms with E-state index in [2.05, 4.69) is 0 Å². The third kappa shape index (κ3) is 3.44. The maximum absolute atomic E-state index is 12.7. The van der Waals surface area contributed by atoms with E-state index in [1.165, 1.54) is 24.3 Å². The highest BCUT2D eigenvalue weighted by Gasteiger charge is 2.42. The third-order valence-corrected chi connectivity index (χ3v) is 3.21. The number of ether oxygens (including phenoxy) is 1. The van der Waals surface area contributed by atoms with Crippen LogP contribution in [0.5, 0.6) is 5.75 Å². The van der Waals surface area contributed by atoms with Crippen molar-refractivity contribution in [1.29, 1.82) is 0 Å². The zero-order valence-electron chi connectivity index (χ0n) is 10.9. The van der Waals surface area contributed by atoms with Crippen LogP contribution in [-0.4, -0.2) is 41.2 Å². The van der Waals surface area contributed by atoms with E-state index in [-0.39, 0.29) is 18.3 Å². The van der Waals surface area contributed by atoms with Gasteiger partial charge in [-0.1, -0.05) is 13.3 Å². The van der Waals surface area contributed by atoms with Crippen LogP contribution in [-0.2, 0) is 4.79 Å². The van der Waals surface area contributed by atoms with Crippen molar-refractivity contribution < 1.29 is 19.0 Å². The van der Waals surface area contributed by atoms with Gasteiger partial charge in [-0.25, -0.2) is 4.39 Å². The molecule has 1 heterocycles. The molecule has 0 unspecified atom stereocenters. The van der Waals surface area contributed by atoms with Crippen molar-refractivity contribution >= 4 is 5.91 Å². The van der Waals surface area contributed by atoms with E-state index in [1.807, 2.05) is 6.92 Å². The Bertz CT molecular complexity index is 441. The molecule has 1 aliphatic heterocycles. The predicted octanol–water partition coefficient (Wildman–Crippen LogP) is 1.58. The summed E-state index contributed by atoms with van der Waals surface area (Å²) in [6.07, 6.45) is 1.60. The van der Waals surface area contributed by atoms with Gasteiger partial charge in [0.1, 0.15) is 11.6 Å². The molecule has 1 saturated heterocycles. The molecule has 1 aliphatic rings. The van der Waals surface area contributed by atoms with Crippen molar-refractivity contribution in [3.05, 3.63) is 30.1 Å². The second-order valence-corrected chi connectivity index (χ2v) is 4.97. The summed E-state index contributed by atoms with van der Waals surface area (Å²) < 4.78 is 17.9. The van der Waals surface area contributed by atoms with Crippen LogP contribution in [0.4, 0.5) is 4.39 Å². The first-order chi connectivity index (χ1) is 9.02. The van der Waals surface area contributed by atoms with Crippen LogP contribution in [0, 0.1) is 5.82 Å². The molecule has 0 aromatic heterocycles. The maximum Gasteiger partial charge on any atom is 0.260 e. The number of halogens is 1. The van der Waals surface area contributed by atoms with Crippen molar-refractivity contribution in [2.75, 3.05) is 19.7 Å². The summed E-state index contributed by atoms with van der Waals surface area (Å²) in [5.41, 5.74) is -0.722. The van der Waals surface area contributed by atoms with Crippen molar-refractivity contribution in [1.82, 2.24) is 4.90 Å². The number of hydrogen-bond donors (Lipinski definition) is 1. The number of hydrogen-bond acceptors (Lipinski definition) is 3. The lowest BCUT2D eigenvalue weighted by molar-refractivity contribution is -0.158. The highest BCUT2D eigenvalue weighted by Crippen LogP contribution is 2.25. The van der Waals surface area contributed by atoms with Gasteiger partial charge in [-0.05, 0) is 30.7 Å². The number of nitrogens with zero attached hydrogens (tertiary/aromatic N) is 1. The SMILES string of the molecule is CCCC1(O)CN(C(=O)COc2ccc(F)cc2)C1. The summed E-state index contributed by atoms with van der Waals surface area (Å²) in [7, 11) is 0. The molecule has 1 N–H and O–H groups in total. The van der Waals surface area contributed by atoms with Crippen LogP contribution in [0.2, 0.25) is 0 Å². The number of aliphatic hydroxyl groups is 1. The first kappa shape index (κ1) is 13.8. The van der Waals surface area contributed by atoms with Gasteiger partial charge >= 0.3 is 0 Å². The quantitative estimate of drug-likeness (QED) is 0.881. The summed E-state index contributed by atoms with van der Waals surface area (Å²) in [6.45, 7) is 2.65. The molecular formula is C14H18FNO3. The van der Waals surface area contributed by atoms with E-state index in [1.54, 1.807) is 4.90 Å². The van der Waals surface area contributed by atoms with Crippen molar-refractivity contribution in [2.45, 2.75) is 25.4 Å². The molecule has 1 amide bonds. The molecular weight excluding hydrogens is 249 g/mol. The van der Waals surface area contributed by atoms with Gasteiger partial charge < -0.3 is 14.7 Å². The van der Waals surface area contributed by atoms with E-state index in [0.717, 1.165) is 6.42 Å². The third-order valence-electron chi connectivity index (χ3n) is 3.21. The number of carbonyl (C=O) groups is 1. The Balaban J connectivity index is 1.76. The van der Waals surface area contributed by atoms with Crippen LogP contribution in [0.25, 0.3) is 0 Å². The second kappa shape index (κ2) is 5.57. The van der Waals surface area contributed by atoms with Crippen LogP contribution in [0.3, 0.4) is 0 Å². The summed E-state index contributed by atoms with van der Waals surface area (Å²) in [4.78, 5) is 13.3. The molecule has 0 saturated carbocycles. The van der Waals surface area contributed by atoms with Gasteiger partial charge in [0.2, 0.25) is 0 Å². The molecule has 0 aliphatic carbocycles. The van der Waals surface area contributed by atoms with E-state index < -0.39 is 5.60 Å². The summed E-state index contributed by atoms with van der Waals surface area (Å²) in [5.74, 6) is -0.0461. The lowest BCUT2D eigenvalue weighted by atomic mass is 9.89. The Labute approximate surface area is 111 Å².